The summed E-state index contributed by atoms with van der Waals surface area (Å²) in [6.07, 6.45) is 0. The predicted molar refractivity (Wildman–Crippen MR) is 72.2 cm³/mol. The van der Waals surface area contributed by atoms with Crippen molar-refractivity contribution in [2.45, 2.75) is 0 Å². The van der Waals surface area contributed by atoms with Crippen LogP contribution in [0.2, 0.25) is 0 Å². The van der Waals surface area contributed by atoms with Crippen LogP contribution in [0.4, 0.5) is 4.39 Å². The molecule has 94 valence electrons. The van der Waals surface area contributed by atoms with Crippen LogP contribution in [0.15, 0.2) is 41.2 Å². The van der Waals surface area contributed by atoms with Crippen molar-refractivity contribution in [3.05, 3.63) is 58.1 Å². The quantitative estimate of drug-likeness (QED) is 0.548. The van der Waals surface area contributed by atoms with Crippen LogP contribution in [0, 0.1) is 5.82 Å². The monoisotopic (exact) mass is 275 g/mol. The molecule has 0 saturated carbocycles. The van der Waals surface area contributed by atoms with Gasteiger partial charge in [0, 0.05) is 16.5 Å². The normalized spacial score (nSPS) is 11.1. The van der Waals surface area contributed by atoms with Gasteiger partial charge in [0.05, 0.1) is 5.39 Å². The molecule has 5 heteroatoms. The Hall–Kier alpha value is -2.20. The number of halogens is 2. The van der Waals surface area contributed by atoms with Crippen LogP contribution in [0.3, 0.4) is 0 Å². The third kappa shape index (κ3) is 1.90. The van der Waals surface area contributed by atoms with Crippen LogP contribution in [0.25, 0.3) is 21.7 Å². The number of benzene rings is 2. The number of nitrogens with one attached hydrogen (secondary N) is 1. The van der Waals surface area contributed by atoms with Gasteiger partial charge < -0.3 is 4.98 Å². The van der Waals surface area contributed by atoms with Crippen LogP contribution in [0.5, 0.6) is 0 Å². The van der Waals surface area contributed by atoms with Crippen LogP contribution >= 0.6 is 11.6 Å². The number of hydrogen-bond donors (Lipinski definition) is 1. The zero-order valence-electron chi connectivity index (χ0n) is 9.54. The first kappa shape index (κ1) is 11.9. The minimum absolute atomic E-state index is 0.275. The van der Waals surface area contributed by atoms with Crippen LogP contribution < -0.4 is 5.56 Å². The Bertz CT molecular complexity index is 886. The van der Waals surface area contributed by atoms with Gasteiger partial charge >= 0.3 is 0 Å². The number of carbonyl (C=O) groups is 1. The van der Waals surface area contributed by atoms with Crippen molar-refractivity contribution in [3.63, 3.8) is 0 Å². The number of aromatic nitrogens is 1. The van der Waals surface area contributed by atoms with Crippen molar-refractivity contribution in [3.8, 4) is 0 Å². The summed E-state index contributed by atoms with van der Waals surface area (Å²) in [5.74, 6) is -0.468. The standard InChI is InChI=1S/C14H7ClFNO2/c15-13(18)7-1-3-10-9-4-2-8(16)6-11(9)14(19)17-12(10)5-7/h1-6H,(H,17,19). The molecule has 0 radical (unpaired) electrons. The maximum Gasteiger partial charge on any atom is 0.256 e. The summed E-state index contributed by atoms with van der Waals surface area (Å²) in [6.45, 7) is 0. The van der Waals surface area contributed by atoms with Gasteiger partial charge in [-0.3, -0.25) is 9.59 Å². The molecule has 0 spiro atoms. The highest BCUT2D eigenvalue weighted by atomic mass is 35.5. The van der Waals surface area contributed by atoms with E-state index in [1.54, 1.807) is 18.2 Å². The molecule has 0 aliphatic rings. The van der Waals surface area contributed by atoms with Crippen molar-refractivity contribution < 1.29 is 9.18 Å². The summed E-state index contributed by atoms with van der Waals surface area (Å²) in [4.78, 5) is 25.6. The molecule has 2 aromatic carbocycles. The number of H-pyrrole nitrogens is 1. The molecule has 3 aromatic rings. The van der Waals surface area contributed by atoms with Gasteiger partial charge in [-0.25, -0.2) is 4.39 Å². The zero-order valence-corrected chi connectivity index (χ0v) is 10.3. The molecular weight excluding hydrogens is 269 g/mol. The van der Waals surface area contributed by atoms with Crippen molar-refractivity contribution in [2.24, 2.45) is 0 Å². The fourth-order valence-corrected chi connectivity index (χ4v) is 2.25. The Balaban J connectivity index is 2.48. The molecule has 1 N–H and O–H groups in total. The zero-order chi connectivity index (χ0) is 13.6. The van der Waals surface area contributed by atoms with Gasteiger partial charge in [0.2, 0.25) is 0 Å². The number of rotatable bonds is 1. The molecule has 0 bridgehead atoms. The number of hydrogen-bond acceptors (Lipinski definition) is 2. The molecule has 0 atom stereocenters. The molecule has 0 unspecified atom stereocenters. The van der Waals surface area contributed by atoms with Crippen LogP contribution in [-0.2, 0) is 0 Å². The van der Waals surface area contributed by atoms with Crippen molar-refractivity contribution >= 4 is 38.5 Å². The highest BCUT2D eigenvalue weighted by molar-refractivity contribution is 6.67. The van der Waals surface area contributed by atoms with E-state index in [2.05, 4.69) is 4.98 Å². The SMILES string of the molecule is O=C(Cl)c1ccc2c(c1)[nH]c(=O)c1cc(F)ccc12. The summed E-state index contributed by atoms with van der Waals surface area (Å²) in [7, 11) is 0. The third-order valence-corrected chi connectivity index (χ3v) is 3.23. The molecule has 19 heavy (non-hydrogen) atoms. The van der Waals surface area contributed by atoms with Gasteiger partial charge in [-0.1, -0.05) is 12.1 Å². The lowest BCUT2D eigenvalue weighted by Gasteiger charge is -2.04. The second-order valence-corrected chi connectivity index (χ2v) is 4.52. The van der Waals surface area contributed by atoms with Crippen molar-refractivity contribution in [2.75, 3.05) is 0 Å². The molecule has 0 aliphatic carbocycles. The highest BCUT2D eigenvalue weighted by Gasteiger charge is 2.08. The Labute approximate surface area is 111 Å². The van der Waals surface area contributed by atoms with Gasteiger partial charge in [-0.15, -0.1) is 0 Å². The Morgan fingerprint density at radius 1 is 1.05 bits per heavy atom. The van der Waals surface area contributed by atoms with Gasteiger partial charge in [0.15, 0.2) is 0 Å². The molecule has 3 rings (SSSR count). The fourth-order valence-electron chi connectivity index (χ4n) is 2.13. The minimum Gasteiger partial charge on any atom is -0.321 e. The lowest BCUT2D eigenvalue weighted by molar-refractivity contribution is 0.108. The number of aromatic amines is 1. The Morgan fingerprint density at radius 2 is 1.79 bits per heavy atom. The smallest absolute Gasteiger partial charge is 0.256 e. The number of carbonyl (C=O) groups excluding carboxylic acids is 1. The van der Waals surface area contributed by atoms with E-state index in [0.717, 1.165) is 5.39 Å². The molecule has 0 fully saturated rings. The first-order valence-electron chi connectivity index (χ1n) is 5.51. The summed E-state index contributed by atoms with van der Waals surface area (Å²) in [6, 6.07) is 8.79. The predicted octanol–water partition coefficient (Wildman–Crippen LogP) is 3.20. The van der Waals surface area contributed by atoms with E-state index in [-0.39, 0.29) is 5.39 Å². The maximum atomic E-state index is 13.2. The largest absolute Gasteiger partial charge is 0.321 e. The van der Waals surface area contributed by atoms with Crippen LogP contribution in [0.1, 0.15) is 10.4 Å². The topological polar surface area (TPSA) is 49.9 Å². The molecule has 1 heterocycles. The summed E-state index contributed by atoms with van der Waals surface area (Å²) >= 11 is 5.40. The first-order chi connectivity index (χ1) is 9.06. The second kappa shape index (κ2) is 4.17. The Morgan fingerprint density at radius 3 is 2.53 bits per heavy atom. The number of fused-ring (bicyclic) bond motifs is 3. The molecule has 0 saturated heterocycles. The second-order valence-electron chi connectivity index (χ2n) is 4.18. The van der Waals surface area contributed by atoms with Gasteiger partial charge in [-0.2, -0.15) is 0 Å². The van der Waals surface area contributed by atoms with E-state index in [1.165, 1.54) is 18.2 Å². The van der Waals surface area contributed by atoms with E-state index < -0.39 is 16.6 Å². The molecule has 3 nitrogen and oxygen atoms in total. The molecule has 0 amide bonds. The van der Waals surface area contributed by atoms with Crippen molar-refractivity contribution in [1.82, 2.24) is 4.98 Å². The summed E-state index contributed by atoms with van der Waals surface area (Å²) in [5, 5.41) is 1.05. The summed E-state index contributed by atoms with van der Waals surface area (Å²) < 4.78 is 13.2. The molecule has 0 aliphatic heterocycles. The van der Waals surface area contributed by atoms with E-state index in [1.807, 2.05) is 0 Å². The lowest BCUT2D eigenvalue weighted by atomic mass is 10.0. The highest BCUT2D eigenvalue weighted by Crippen LogP contribution is 2.23. The van der Waals surface area contributed by atoms with Crippen LogP contribution in [-0.4, -0.2) is 10.2 Å². The fraction of sp³-hybridized carbons (Fsp3) is 0. The lowest BCUT2D eigenvalue weighted by Crippen LogP contribution is -2.07. The maximum absolute atomic E-state index is 13.2. The molecule has 1 aromatic heterocycles. The van der Waals surface area contributed by atoms with Gasteiger partial charge in [0.25, 0.3) is 10.8 Å². The number of pyridine rings is 1. The Kier molecular flexibility index (Phi) is 2.61. The summed E-state index contributed by atoms with van der Waals surface area (Å²) in [5.41, 5.74) is 0.392. The van der Waals surface area contributed by atoms with E-state index in [4.69, 9.17) is 11.6 Å². The van der Waals surface area contributed by atoms with E-state index in [9.17, 15) is 14.0 Å². The first-order valence-corrected chi connectivity index (χ1v) is 5.89. The average Bonchev–Trinajstić information content (AvgIpc) is 2.38. The van der Waals surface area contributed by atoms with E-state index in [0.29, 0.717) is 16.5 Å². The van der Waals surface area contributed by atoms with Crippen molar-refractivity contribution in [1.29, 1.82) is 0 Å². The van der Waals surface area contributed by atoms with E-state index >= 15 is 0 Å². The molecular formula is C14H7ClFNO2. The minimum atomic E-state index is -0.595. The third-order valence-electron chi connectivity index (χ3n) is 3.01. The van der Waals surface area contributed by atoms with Gasteiger partial charge in [-0.05, 0) is 41.3 Å². The average molecular weight is 276 g/mol. The van der Waals surface area contributed by atoms with Gasteiger partial charge in [0.1, 0.15) is 5.82 Å².